The van der Waals surface area contributed by atoms with Gasteiger partial charge < -0.3 is 10.4 Å². The van der Waals surface area contributed by atoms with E-state index in [4.69, 9.17) is 5.11 Å². The Kier molecular flexibility index (Phi) is 6.49. The van der Waals surface area contributed by atoms with E-state index in [0.717, 1.165) is 18.8 Å². The van der Waals surface area contributed by atoms with E-state index in [9.17, 15) is 9.59 Å². The maximum atomic E-state index is 12.2. The highest BCUT2D eigenvalue weighted by Gasteiger charge is 2.31. The van der Waals surface area contributed by atoms with Crippen molar-refractivity contribution >= 4 is 11.9 Å². The number of rotatable bonds is 6. The van der Waals surface area contributed by atoms with Crippen molar-refractivity contribution in [1.29, 1.82) is 0 Å². The van der Waals surface area contributed by atoms with E-state index < -0.39 is 12.1 Å². The number of Topliss-reactive ketones (excluding diaryl/α,β-unsaturated/α-hetero) is 1. The number of unbranched alkanes of at least 4 members (excludes halogenated alkanes) is 1. The van der Waals surface area contributed by atoms with E-state index in [0.29, 0.717) is 26.1 Å². The first-order chi connectivity index (χ1) is 10.2. The Bertz CT molecular complexity index is 353. The van der Waals surface area contributed by atoms with Crippen LogP contribution >= 0.6 is 0 Å². The molecule has 1 saturated heterocycles. The van der Waals surface area contributed by atoms with Gasteiger partial charge >= 0.3 is 6.09 Å². The highest BCUT2D eigenvalue weighted by molar-refractivity contribution is 5.87. The number of piperazine rings is 1. The van der Waals surface area contributed by atoms with Crippen LogP contribution in [0.2, 0.25) is 0 Å². The maximum absolute atomic E-state index is 12.2. The summed E-state index contributed by atoms with van der Waals surface area (Å²) in [5.74, 6) is 0.939. The molecule has 1 aliphatic carbocycles. The SMILES string of the molecule is O=C(CCCCC1CCCCC1)C1CNCCN1C(=O)O. The van der Waals surface area contributed by atoms with Gasteiger partial charge in [0.1, 0.15) is 6.04 Å². The maximum Gasteiger partial charge on any atom is 0.408 e. The Morgan fingerprint density at radius 2 is 1.90 bits per heavy atom. The fourth-order valence-corrected chi connectivity index (χ4v) is 3.60. The van der Waals surface area contributed by atoms with Gasteiger partial charge in [0, 0.05) is 26.1 Å². The van der Waals surface area contributed by atoms with Crippen LogP contribution in [0.25, 0.3) is 0 Å². The van der Waals surface area contributed by atoms with E-state index in [1.807, 2.05) is 0 Å². The van der Waals surface area contributed by atoms with E-state index in [2.05, 4.69) is 5.32 Å². The molecule has 5 heteroatoms. The summed E-state index contributed by atoms with van der Waals surface area (Å²) in [6, 6.07) is -0.481. The molecule has 0 radical (unpaired) electrons. The topological polar surface area (TPSA) is 69.6 Å². The molecule has 2 fully saturated rings. The monoisotopic (exact) mass is 296 g/mol. The van der Waals surface area contributed by atoms with Crippen LogP contribution in [0.1, 0.15) is 57.8 Å². The Morgan fingerprint density at radius 1 is 1.14 bits per heavy atom. The standard InChI is InChI=1S/C16H28N2O3/c19-15(14-12-17-10-11-18(14)16(20)21)9-5-4-8-13-6-2-1-3-7-13/h13-14,17H,1-12H2,(H,20,21). The minimum absolute atomic E-state index is 0.0771. The van der Waals surface area contributed by atoms with Gasteiger partial charge in [0.2, 0.25) is 0 Å². The highest BCUT2D eigenvalue weighted by Crippen LogP contribution is 2.28. The number of ketones is 1. The number of carbonyl (C=O) groups is 2. The molecule has 0 aromatic carbocycles. The number of nitrogens with zero attached hydrogens (tertiary/aromatic N) is 1. The lowest BCUT2D eigenvalue weighted by atomic mass is 9.85. The Morgan fingerprint density at radius 3 is 2.62 bits per heavy atom. The molecule has 1 saturated carbocycles. The molecule has 1 heterocycles. The number of carboxylic acid groups (broad SMARTS) is 1. The molecule has 1 atom stereocenters. The molecule has 0 bridgehead atoms. The average Bonchev–Trinajstić information content (AvgIpc) is 2.52. The lowest BCUT2D eigenvalue weighted by Crippen LogP contribution is -2.56. The number of hydrogen-bond acceptors (Lipinski definition) is 3. The zero-order valence-corrected chi connectivity index (χ0v) is 12.9. The van der Waals surface area contributed by atoms with Crippen LogP contribution in [0.5, 0.6) is 0 Å². The van der Waals surface area contributed by atoms with Crippen LogP contribution in [0.4, 0.5) is 4.79 Å². The molecule has 120 valence electrons. The molecule has 5 nitrogen and oxygen atoms in total. The third-order valence-electron chi connectivity index (χ3n) is 4.87. The molecule has 1 amide bonds. The molecule has 2 rings (SSSR count). The molecule has 2 N–H and O–H groups in total. The van der Waals surface area contributed by atoms with Crippen LogP contribution < -0.4 is 5.32 Å². The summed E-state index contributed by atoms with van der Waals surface area (Å²) in [4.78, 5) is 24.7. The first-order valence-electron chi connectivity index (χ1n) is 8.41. The summed E-state index contributed by atoms with van der Waals surface area (Å²) in [6.45, 7) is 1.51. The molecule has 0 aromatic heterocycles. The highest BCUT2D eigenvalue weighted by atomic mass is 16.4. The summed E-state index contributed by atoms with van der Waals surface area (Å²) >= 11 is 0. The Balaban J connectivity index is 1.67. The van der Waals surface area contributed by atoms with Crippen LogP contribution in [-0.4, -0.2) is 47.6 Å². The quantitative estimate of drug-likeness (QED) is 0.739. The smallest absolute Gasteiger partial charge is 0.408 e. The first kappa shape index (κ1) is 16.3. The Hall–Kier alpha value is -1.10. The summed E-state index contributed by atoms with van der Waals surface area (Å²) in [6.07, 6.45) is 9.60. The van der Waals surface area contributed by atoms with Crippen molar-refractivity contribution in [3.05, 3.63) is 0 Å². The van der Waals surface area contributed by atoms with Gasteiger partial charge in [-0.25, -0.2) is 4.79 Å². The van der Waals surface area contributed by atoms with Gasteiger partial charge in [-0.15, -0.1) is 0 Å². The summed E-state index contributed by atoms with van der Waals surface area (Å²) in [7, 11) is 0. The predicted molar refractivity (Wildman–Crippen MR) is 81.4 cm³/mol. The summed E-state index contributed by atoms with van der Waals surface area (Å²) < 4.78 is 0. The van der Waals surface area contributed by atoms with Crippen molar-refractivity contribution < 1.29 is 14.7 Å². The van der Waals surface area contributed by atoms with Crippen LogP contribution in [-0.2, 0) is 4.79 Å². The second-order valence-corrected chi connectivity index (χ2v) is 6.41. The number of hydrogen-bond donors (Lipinski definition) is 2. The lowest BCUT2D eigenvalue weighted by Gasteiger charge is -2.33. The fraction of sp³-hybridized carbons (Fsp3) is 0.875. The molecule has 0 spiro atoms. The van der Waals surface area contributed by atoms with E-state index in [1.54, 1.807) is 0 Å². The minimum atomic E-state index is -0.975. The van der Waals surface area contributed by atoms with Gasteiger partial charge in [0.15, 0.2) is 5.78 Å². The molecule has 21 heavy (non-hydrogen) atoms. The van der Waals surface area contributed by atoms with Crippen molar-refractivity contribution in [3.63, 3.8) is 0 Å². The second kappa shape index (κ2) is 8.37. The summed E-state index contributed by atoms with van der Waals surface area (Å²) in [5.41, 5.74) is 0. The van der Waals surface area contributed by atoms with Crippen molar-refractivity contribution in [1.82, 2.24) is 10.2 Å². The van der Waals surface area contributed by atoms with Crippen LogP contribution in [0.3, 0.4) is 0 Å². The molecule has 1 unspecified atom stereocenters. The Labute approximate surface area is 127 Å². The first-order valence-corrected chi connectivity index (χ1v) is 8.41. The zero-order valence-electron chi connectivity index (χ0n) is 12.9. The number of amides is 1. The van der Waals surface area contributed by atoms with Gasteiger partial charge in [-0.1, -0.05) is 44.9 Å². The van der Waals surface area contributed by atoms with Gasteiger partial charge in [0.25, 0.3) is 0 Å². The van der Waals surface area contributed by atoms with Crippen LogP contribution in [0, 0.1) is 5.92 Å². The van der Waals surface area contributed by atoms with Crippen molar-refractivity contribution in [2.75, 3.05) is 19.6 Å². The fourth-order valence-electron chi connectivity index (χ4n) is 3.60. The normalized spacial score (nSPS) is 24.0. The third kappa shape index (κ3) is 4.99. The van der Waals surface area contributed by atoms with Gasteiger partial charge in [0.05, 0.1) is 0 Å². The van der Waals surface area contributed by atoms with Gasteiger partial charge in [-0.3, -0.25) is 9.69 Å². The van der Waals surface area contributed by atoms with E-state index >= 15 is 0 Å². The molecule has 0 aromatic rings. The average molecular weight is 296 g/mol. The van der Waals surface area contributed by atoms with Crippen molar-refractivity contribution in [3.8, 4) is 0 Å². The largest absolute Gasteiger partial charge is 0.465 e. The van der Waals surface area contributed by atoms with Crippen molar-refractivity contribution in [2.24, 2.45) is 5.92 Å². The van der Waals surface area contributed by atoms with Crippen molar-refractivity contribution in [2.45, 2.75) is 63.8 Å². The summed E-state index contributed by atoms with van der Waals surface area (Å²) in [5, 5.41) is 12.3. The van der Waals surface area contributed by atoms with Gasteiger partial charge in [-0.2, -0.15) is 0 Å². The number of carbonyl (C=O) groups excluding carboxylic acids is 1. The molecular weight excluding hydrogens is 268 g/mol. The second-order valence-electron chi connectivity index (χ2n) is 6.41. The zero-order chi connectivity index (χ0) is 15.1. The lowest BCUT2D eigenvalue weighted by molar-refractivity contribution is -0.124. The third-order valence-corrected chi connectivity index (χ3v) is 4.87. The molecular formula is C16H28N2O3. The molecule has 1 aliphatic heterocycles. The van der Waals surface area contributed by atoms with Crippen LogP contribution in [0.15, 0.2) is 0 Å². The van der Waals surface area contributed by atoms with E-state index in [-0.39, 0.29) is 5.78 Å². The predicted octanol–water partition coefficient (Wildman–Crippen LogP) is 2.65. The molecule has 2 aliphatic rings. The van der Waals surface area contributed by atoms with Gasteiger partial charge in [-0.05, 0) is 12.3 Å². The minimum Gasteiger partial charge on any atom is -0.465 e. The number of nitrogens with one attached hydrogen (secondary N) is 1. The van der Waals surface area contributed by atoms with E-state index in [1.165, 1.54) is 43.4 Å².